The minimum absolute atomic E-state index is 0.0660. The van der Waals surface area contributed by atoms with Crippen LogP contribution in [0, 0.1) is 0 Å². The topological polar surface area (TPSA) is 41.6 Å². The van der Waals surface area contributed by atoms with Crippen LogP contribution in [0.25, 0.3) is 0 Å². The Morgan fingerprint density at radius 2 is 2.19 bits per heavy atom. The van der Waals surface area contributed by atoms with Gasteiger partial charge in [0.25, 0.3) is 0 Å². The van der Waals surface area contributed by atoms with Crippen LogP contribution in [0.5, 0.6) is 0 Å². The van der Waals surface area contributed by atoms with E-state index in [9.17, 15) is 4.79 Å². The number of fused-ring (bicyclic) bond motifs is 1. The maximum atomic E-state index is 12.6. The van der Waals surface area contributed by atoms with Gasteiger partial charge in [-0.3, -0.25) is 0 Å². The number of hydrogen-bond acceptors (Lipinski definition) is 2. The van der Waals surface area contributed by atoms with Gasteiger partial charge in [-0.05, 0) is 43.2 Å². The molecule has 2 atom stereocenters. The number of nitrogens with one attached hydrogen (secondary N) is 1. The molecule has 4 heteroatoms. The molecule has 0 aromatic heterocycles. The maximum Gasteiger partial charge on any atom is 0.318 e. The van der Waals surface area contributed by atoms with Gasteiger partial charge in [0, 0.05) is 13.7 Å². The number of nitrogens with zero attached hydrogens (tertiary/aromatic N) is 1. The van der Waals surface area contributed by atoms with Crippen molar-refractivity contribution in [1.82, 2.24) is 10.2 Å². The van der Waals surface area contributed by atoms with Crippen molar-refractivity contribution in [2.24, 2.45) is 0 Å². The molecule has 1 N–H and O–H groups in total. The van der Waals surface area contributed by atoms with Gasteiger partial charge in [-0.1, -0.05) is 24.3 Å². The fourth-order valence-corrected chi connectivity index (χ4v) is 3.60. The SMILES string of the molecule is COC[C@@H]1CCCN1C(=O)N[C@H]1CCCc2ccccc21. The second-order valence-electron chi connectivity index (χ2n) is 6.04. The summed E-state index contributed by atoms with van der Waals surface area (Å²) >= 11 is 0. The van der Waals surface area contributed by atoms with Crippen LogP contribution in [0.1, 0.15) is 42.9 Å². The largest absolute Gasteiger partial charge is 0.383 e. The number of hydrogen-bond donors (Lipinski definition) is 1. The molecule has 1 heterocycles. The average molecular weight is 288 g/mol. The van der Waals surface area contributed by atoms with Crippen molar-refractivity contribution in [2.45, 2.75) is 44.2 Å². The number of rotatable bonds is 3. The van der Waals surface area contributed by atoms with Gasteiger partial charge in [-0.15, -0.1) is 0 Å². The van der Waals surface area contributed by atoms with Crippen LogP contribution in [0.4, 0.5) is 4.79 Å². The van der Waals surface area contributed by atoms with E-state index < -0.39 is 0 Å². The Hall–Kier alpha value is -1.55. The second kappa shape index (κ2) is 6.48. The number of carbonyl (C=O) groups excluding carboxylic acids is 1. The third kappa shape index (κ3) is 3.05. The number of likely N-dealkylation sites (tertiary alicyclic amines) is 1. The summed E-state index contributed by atoms with van der Waals surface area (Å²) in [6, 6.07) is 8.93. The number of benzene rings is 1. The summed E-state index contributed by atoms with van der Waals surface area (Å²) in [5.41, 5.74) is 2.67. The molecule has 2 amide bonds. The van der Waals surface area contributed by atoms with Crippen LogP contribution < -0.4 is 5.32 Å². The molecule has 3 rings (SSSR count). The van der Waals surface area contributed by atoms with Gasteiger partial charge in [0.05, 0.1) is 18.7 Å². The average Bonchev–Trinajstić information content (AvgIpc) is 2.96. The van der Waals surface area contributed by atoms with Crippen molar-refractivity contribution < 1.29 is 9.53 Å². The van der Waals surface area contributed by atoms with E-state index in [2.05, 4.69) is 29.6 Å². The van der Waals surface area contributed by atoms with Crippen molar-refractivity contribution in [2.75, 3.05) is 20.3 Å². The molecule has 1 aliphatic carbocycles. The fraction of sp³-hybridized carbons (Fsp3) is 0.588. The van der Waals surface area contributed by atoms with Crippen molar-refractivity contribution in [3.8, 4) is 0 Å². The van der Waals surface area contributed by atoms with E-state index in [0.717, 1.165) is 38.6 Å². The third-order valence-electron chi connectivity index (χ3n) is 4.66. The first-order chi connectivity index (χ1) is 10.3. The molecule has 1 saturated heterocycles. The summed E-state index contributed by atoms with van der Waals surface area (Å²) in [5, 5.41) is 3.24. The highest BCUT2D eigenvalue weighted by Crippen LogP contribution is 2.30. The number of methoxy groups -OCH3 is 1. The van der Waals surface area contributed by atoms with E-state index in [1.165, 1.54) is 11.1 Å². The molecular weight excluding hydrogens is 264 g/mol. The minimum Gasteiger partial charge on any atom is -0.383 e. The van der Waals surface area contributed by atoms with Crippen LogP contribution in [-0.2, 0) is 11.2 Å². The Labute approximate surface area is 126 Å². The summed E-state index contributed by atoms with van der Waals surface area (Å²) < 4.78 is 5.23. The zero-order valence-electron chi connectivity index (χ0n) is 12.7. The lowest BCUT2D eigenvalue weighted by atomic mass is 9.88. The van der Waals surface area contributed by atoms with Crippen LogP contribution in [0.2, 0.25) is 0 Å². The molecule has 1 aromatic rings. The Balaban J connectivity index is 1.68. The summed E-state index contributed by atoms with van der Waals surface area (Å²) in [6.07, 6.45) is 5.42. The van der Waals surface area contributed by atoms with Crippen molar-refractivity contribution in [1.29, 1.82) is 0 Å². The predicted octanol–water partition coefficient (Wildman–Crippen LogP) is 2.88. The molecule has 1 aromatic carbocycles. The molecule has 0 spiro atoms. The molecule has 0 saturated carbocycles. The molecule has 114 valence electrons. The summed E-state index contributed by atoms with van der Waals surface area (Å²) in [7, 11) is 1.70. The number of carbonyl (C=O) groups is 1. The van der Waals surface area contributed by atoms with Crippen molar-refractivity contribution in [3.05, 3.63) is 35.4 Å². The minimum atomic E-state index is 0.0660. The summed E-state index contributed by atoms with van der Waals surface area (Å²) in [4.78, 5) is 14.5. The van der Waals surface area contributed by atoms with E-state index in [1.54, 1.807) is 7.11 Å². The highest BCUT2D eigenvalue weighted by molar-refractivity contribution is 5.75. The van der Waals surface area contributed by atoms with Gasteiger partial charge >= 0.3 is 6.03 Å². The van der Waals surface area contributed by atoms with Gasteiger partial charge in [0.2, 0.25) is 0 Å². The fourth-order valence-electron chi connectivity index (χ4n) is 3.60. The summed E-state index contributed by atoms with van der Waals surface area (Å²) in [6.45, 7) is 1.48. The van der Waals surface area contributed by atoms with Gasteiger partial charge in [-0.25, -0.2) is 4.79 Å². The quantitative estimate of drug-likeness (QED) is 0.929. The number of ether oxygens (including phenoxy) is 1. The van der Waals surface area contributed by atoms with Crippen LogP contribution in [-0.4, -0.2) is 37.2 Å². The Kier molecular flexibility index (Phi) is 4.44. The lowest BCUT2D eigenvalue weighted by Crippen LogP contribution is -2.46. The lowest BCUT2D eigenvalue weighted by molar-refractivity contribution is 0.122. The number of amides is 2. The van der Waals surface area contributed by atoms with Crippen LogP contribution >= 0.6 is 0 Å². The van der Waals surface area contributed by atoms with Crippen LogP contribution in [0.3, 0.4) is 0 Å². The number of aryl methyl sites for hydroxylation is 1. The molecular formula is C17H24N2O2. The highest BCUT2D eigenvalue weighted by atomic mass is 16.5. The maximum absolute atomic E-state index is 12.6. The van der Waals surface area contributed by atoms with E-state index in [1.807, 2.05) is 4.90 Å². The Morgan fingerprint density at radius 1 is 1.33 bits per heavy atom. The van der Waals surface area contributed by atoms with E-state index in [-0.39, 0.29) is 18.1 Å². The van der Waals surface area contributed by atoms with Crippen molar-refractivity contribution in [3.63, 3.8) is 0 Å². The Bertz CT molecular complexity index is 503. The van der Waals surface area contributed by atoms with Gasteiger partial charge in [0.1, 0.15) is 0 Å². The first-order valence-electron chi connectivity index (χ1n) is 7.93. The highest BCUT2D eigenvalue weighted by Gasteiger charge is 2.30. The van der Waals surface area contributed by atoms with E-state index >= 15 is 0 Å². The molecule has 4 nitrogen and oxygen atoms in total. The number of urea groups is 1. The van der Waals surface area contributed by atoms with Gasteiger partial charge < -0.3 is 15.0 Å². The predicted molar refractivity (Wildman–Crippen MR) is 82.3 cm³/mol. The standard InChI is InChI=1S/C17H24N2O2/c1-21-12-14-8-5-11-19(14)17(20)18-16-10-4-7-13-6-2-3-9-15(13)16/h2-3,6,9,14,16H,4-5,7-8,10-12H2,1H3,(H,18,20)/t14-,16-/m0/s1. The van der Waals surface area contributed by atoms with Gasteiger partial charge in [0.15, 0.2) is 0 Å². The molecule has 0 radical (unpaired) electrons. The molecule has 2 aliphatic rings. The van der Waals surface area contributed by atoms with Crippen LogP contribution in [0.15, 0.2) is 24.3 Å². The zero-order chi connectivity index (χ0) is 14.7. The molecule has 1 aliphatic heterocycles. The monoisotopic (exact) mass is 288 g/mol. The lowest BCUT2D eigenvalue weighted by Gasteiger charge is -2.30. The normalized spacial score (nSPS) is 24.7. The molecule has 1 fully saturated rings. The molecule has 0 bridgehead atoms. The van der Waals surface area contributed by atoms with E-state index in [4.69, 9.17) is 4.74 Å². The first-order valence-corrected chi connectivity index (χ1v) is 7.93. The van der Waals surface area contributed by atoms with Gasteiger partial charge in [-0.2, -0.15) is 0 Å². The Morgan fingerprint density at radius 3 is 3.05 bits per heavy atom. The van der Waals surface area contributed by atoms with E-state index in [0.29, 0.717) is 6.61 Å². The third-order valence-corrected chi connectivity index (χ3v) is 4.66. The first kappa shape index (κ1) is 14.4. The molecule has 0 unspecified atom stereocenters. The van der Waals surface area contributed by atoms with Crippen molar-refractivity contribution >= 4 is 6.03 Å². The smallest absolute Gasteiger partial charge is 0.318 e. The summed E-state index contributed by atoms with van der Waals surface area (Å²) in [5.74, 6) is 0. The zero-order valence-corrected chi connectivity index (χ0v) is 12.7. The molecule has 21 heavy (non-hydrogen) atoms. The second-order valence-corrected chi connectivity index (χ2v) is 6.04.